The molecule has 2 aromatic rings. The van der Waals surface area contributed by atoms with Gasteiger partial charge in [-0.2, -0.15) is 0 Å². The zero-order valence-electron chi connectivity index (χ0n) is 8.94. The molecule has 2 rings (SSSR count). The van der Waals surface area contributed by atoms with E-state index in [1.807, 2.05) is 18.2 Å². The van der Waals surface area contributed by atoms with Gasteiger partial charge >= 0.3 is 0 Å². The van der Waals surface area contributed by atoms with Crippen molar-refractivity contribution < 1.29 is 9.47 Å². The summed E-state index contributed by atoms with van der Waals surface area (Å²) < 4.78 is 10.4. The van der Waals surface area contributed by atoms with Gasteiger partial charge in [-0.25, -0.2) is 0 Å². The van der Waals surface area contributed by atoms with Crippen LogP contribution in [0.2, 0.25) is 5.02 Å². The van der Waals surface area contributed by atoms with Crippen LogP contribution >= 0.6 is 11.6 Å². The van der Waals surface area contributed by atoms with E-state index >= 15 is 0 Å². The Hall–Kier alpha value is -1.32. The molecule has 0 saturated carbocycles. The molecule has 0 atom stereocenters. The maximum Gasteiger partial charge on any atom is 0.120 e. The van der Waals surface area contributed by atoms with Gasteiger partial charge in [0.25, 0.3) is 0 Å². The molecular formula is C12H12ClNO2. The van der Waals surface area contributed by atoms with Gasteiger partial charge in [0, 0.05) is 18.7 Å². The molecule has 16 heavy (non-hydrogen) atoms. The summed E-state index contributed by atoms with van der Waals surface area (Å²) in [5, 5.41) is 1.58. The van der Waals surface area contributed by atoms with E-state index in [2.05, 4.69) is 4.98 Å². The van der Waals surface area contributed by atoms with E-state index in [1.165, 1.54) is 0 Å². The molecule has 84 valence electrons. The number of halogens is 1. The highest BCUT2D eigenvalue weighted by Gasteiger charge is 2.01. The van der Waals surface area contributed by atoms with Crippen molar-refractivity contribution in [2.45, 2.75) is 0 Å². The number of aromatic nitrogens is 1. The fraction of sp³-hybridized carbons (Fsp3) is 0.250. The van der Waals surface area contributed by atoms with E-state index in [9.17, 15) is 0 Å². The molecule has 0 bridgehead atoms. The van der Waals surface area contributed by atoms with Crippen LogP contribution in [0.3, 0.4) is 0 Å². The number of pyridine rings is 1. The summed E-state index contributed by atoms with van der Waals surface area (Å²) in [4.78, 5) is 4.21. The number of hydrogen-bond donors (Lipinski definition) is 0. The molecule has 0 radical (unpaired) electrons. The molecule has 1 aromatic heterocycles. The highest BCUT2D eigenvalue weighted by molar-refractivity contribution is 6.35. The first-order chi connectivity index (χ1) is 7.81. The van der Waals surface area contributed by atoms with E-state index < -0.39 is 0 Å². The number of fused-ring (bicyclic) bond motifs is 1. The quantitative estimate of drug-likeness (QED) is 0.767. The van der Waals surface area contributed by atoms with E-state index in [0.29, 0.717) is 18.2 Å². The number of benzene rings is 1. The number of hydrogen-bond acceptors (Lipinski definition) is 3. The zero-order chi connectivity index (χ0) is 11.4. The second kappa shape index (κ2) is 5.14. The molecule has 1 aromatic carbocycles. The van der Waals surface area contributed by atoms with Gasteiger partial charge in [0.1, 0.15) is 12.4 Å². The topological polar surface area (TPSA) is 31.4 Å². The summed E-state index contributed by atoms with van der Waals surface area (Å²) in [5.74, 6) is 0.777. The molecule has 0 N–H and O–H groups in total. The zero-order valence-corrected chi connectivity index (χ0v) is 9.70. The number of ether oxygens (including phenoxy) is 2. The predicted molar refractivity (Wildman–Crippen MR) is 64.1 cm³/mol. The first kappa shape index (κ1) is 11.2. The Balaban J connectivity index is 2.25. The maximum atomic E-state index is 6.07. The Morgan fingerprint density at radius 3 is 2.94 bits per heavy atom. The molecule has 0 amide bonds. The molecule has 0 fully saturated rings. The number of methoxy groups -OCH3 is 1. The molecule has 1 heterocycles. The lowest BCUT2D eigenvalue weighted by Crippen LogP contribution is -2.04. The second-order valence-electron chi connectivity index (χ2n) is 3.31. The summed E-state index contributed by atoms with van der Waals surface area (Å²) >= 11 is 6.07. The largest absolute Gasteiger partial charge is 0.491 e. The minimum absolute atomic E-state index is 0.528. The fourth-order valence-electron chi connectivity index (χ4n) is 1.42. The first-order valence-corrected chi connectivity index (χ1v) is 5.35. The highest BCUT2D eigenvalue weighted by atomic mass is 35.5. The summed E-state index contributed by atoms with van der Waals surface area (Å²) in [6, 6.07) is 7.42. The van der Waals surface area contributed by atoms with Crippen LogP contribution in [-0.2, 0) is 4.74 Å². The van der Waals surface area contributed by atoms with Crippen LogP contribution in [0.5, 0.6) is 5.75 Å². The van der Waals surface area contributed by atoms with Gasteiger partial charge in [0.2, 0.25) is 0 Å². The van der Waals surface area contributed by atoms with Crippen molar-refractivity contribution in [3.8, 4) is 5.75 Å². The summed E-state index contributed by atoms with van der Waals surface area (Å²) in [6.07, 6.45) is 1.69. The minimum atomic E-state index is 0.528. The van der Waals surface area contributed by atoms with Crippen molar-refractivity contribution in [3.05, 3.63) is 35.5 Å². The highest BCUT2D eigenvalue weighted by Crippen LogP contribution is 2.25. The SMILES string of the molecule is COCCOc1ccc2nccc(Cl)c2c1. The van der Waals surface area contributed by atoms with E-state index in [4.69, 9.17) is 21.1 Å². The standard InChI is InChI=1S/C12H12ClNO2/c1-15-6-7-16-9-2-3-12-10(8-9)11(13)4-5-14-12/h2-5,8H,6-7H2,1H3. The van der Waals surface area contributed by atoms with Crippen LogP contribution in [0.4, 0.5) is 0 Å². The van der Waals surface area contributed by atoms with Crippen LogP contribution in [0, 0.1) is 0 Å². The first-order valence-electron chi connectivity index (χ1n) is 4.97. The number of nitrogens with zero attached hydrogens (tertiary/aromatic N) is 1. The van der Waals surface area contributed by atoms with E-state index in [0.717, 1.165) is 16.7 Å². The second-order valence-corrected chi connectivity index (χ2v) is 3.72. The van der Waals surface area contributed by atoms with Gasteiger partial charge in [0.05, 0.1) is 17.1 Å². The molecule has 0 aliphatic rings. The molecule has 0 saturated heterocycles. The monoisotopic (exact) mass is 237 g/mol. The molecule has 4 heteroatoms. The van der Waals surface area contributed by atoms with Crippen molar-refractivity contribution >= 4 is 22.5 Å². The van der Waals surface area contributed by atoms with Gasteiger partial charge in [0.15, 0.2) is 0 Å². The Kier molecular flexibility index (Phi) is 3.59. The molecule has 0 aliphatic carbocycles. The predicted octanol–water partition coefficient (Wildman–Crippen LogP) is 2.91. The van der Waals surface area contributed by atoms with Crippen LogP contribution in [0.1, 0.15) is 0 Å². The third-order valence-corrected chi connectivity index (χ3v) is 2.55. The lowest BCUT2D eigenvalue weighted by atomic mass is 10.2. The van der Waals surface area contributed by atoms with Gasteiger partial charge in [-0.05, 0) is 24.3 Å². The Bertz CT molecular complexity index is 487. The van der Waals surface area contributed by atoms with Gasteiger partial charge in [-0.3, -0.25) is 4.98 Å². The van der Waals surface area contributed by atoms with Crippen LogP contribution in [0.15, 0.2) is 30.5 Å². The van der Waals surface area contributed by atoms with Gasteiger partial charge in [-0.15, -0.1) is 0 Å². The molecular weight excluding hydrogens is 226 g/mol. The van der Waals surface area contributed by atoms with Crippen molar-refractivity contribution in [1.29, 1.82) is 0 Å². The van der Waals surface area contributed by atoms with Gasteiger partial charge < -0.3 is 9.47 Å². The summed E-state index contributed by atoms with van der Waals surface area (Å²) in [7, 11) is 1.64. The van der Waals surface area contributed by atoms with Crippen molar-refractivity contribution in [1.82, 2.24) is 4.98 Å². The summed E-state index contributed by atoms with van der Waals surface area (Å²) in [5.41, 5.74) is 0.867. The average Bonchev–Trinajstić information content (AvgIpc) is 2.30. The van der Waals surface area contributed by atoms with Crippen LogP contribution in [0.25, 0.3) is 10.9 Å². The van der Waals surface area contributed by atoms with Gasteiger partial charge in [-0.1, -0.05) is 11.6 Å². The average molecular weight is 238 g/mol. The Labute approximate surface area is 99.0 Å². The summed E-state index contributed by atoms with van der Waals surface area (Å²) in [6.45, 7) is 1.10. The van der Waals surface area contributed by atoms with Crippen molar-refractivity contribution in [3.63, 3.8) is 0 Å². The molecule has 0 unspecified atom stereocenters. The van der Waals surface area contributed by atoms with E-state index in [1.54, 1.807) is 19.4 Å². The van der Waals surface area contributed by atoms with Crippen molar-refractivity contribution in [2.75, 3.05) is 20.3 Å². The van der Waals surface area contributed by atoms with E-state index in [-0.39, 0.29) is 0 Å². The number of rotatable bonds is 4. The molecule has 0 aliphatic heterocycles. The lowest BCUT2D eigenvalue weighted by molar-refractivity contribution is 0.146. The minimum Gasteiger partial charge on any atom is -0.491 e. The normalized spacial score (nSPS) is 10.6. The van der Waals surface area contributed by atoms with Crippen molar-refractivity contribution in [2.24, 2.45) is 0 Å². The van der Waals surface area contributed by atoms with Crippen LogP contribution < -0.4 is 4.74 Å². The molecule has 3 nitrogen and oxygen atoms in total. The smallest absolute Gasteiger partial charge is 0.120 e. The molecule has 0 spiro atoms. The Morgan fingerprint density at radius 2 is 2.12 bits per heavy atom. The third kappa shape index (κ3) is 2.43. The fourth-order valence-corrected chi connectivity index (χ4v) is 1.63. The maximum absolute atomic E-state index is 6.07. The lowest BCUT2D eigenvalue weighted by Gasteiger charge is -2.06. The third-order valence-electron chi connectivity index (χ3n) is 2.22. The Morgan fingerprint density at radius 1 is 1.25 bits per heavy atom. The van der Waals surface area contributed by atoms with Crippen LogP contribution in [-0.4, -0.2) is 25.3 Å².